The summed E-state index contributed by atoms with van der Waals surface area (Å²) < 4.78 is 35.4. The summed E-state index contributed by atoms with van der Waals surface area (Å²) >= 11 is 6.34. The number of aldehydes is 1. The van der Waals surface area contributed by atoms with Gasteiger partial charge in [-0.05, 0) is 67.1 Å². The van der Waals surface area contributed by atoms with Gasteiger partial charge in [0.15, 0.2) is 0 Å². The topological polar surface area (TPSA) is 251 Å². The SMILES string of the molecule is CNC(=O)CCC(C=O)N1Cc2c(NC(=O)COCCNCCN(N)/C=C(\N)CNC(=O)c3ccc(Nc4ncc5c(n4)-c4ccc(Cl)cc4C(c4c(F)cccc4F)=NC5)cc3)cccc2C1=O. The quantitative estimate of drug-likeness (QED) is 0.0237. The van der Waals surface area contributed by atoms with Crippen molar-refractivity contribution in [1.29, 1.82) is 0 Å². The Kier molecular flexibility index (Phi) is 16.3. The average molecular weight is 963 g/mol. The van der Waals surface area contributed by atoms with E-state index in [1.165, 1.54) is 41.4 Å². The number of nitrogens with two attached hydrogens (primary N) is 2. The van der Waals surface area contributed by atoms with Crippen molar-refractivity contribution in [3.8, 4) is 11.3 Å². The molecule has 1 unspecified atom stereocenters. The molecule has 0 saturated carbocycles. The number of fused-ring (bicyclic) bond motifs is 4. The molecule has 358 valence electrons. The molecule has 0 aliphatic carbocycles. The minimum atomic E-state index is -0.781. The van der Waals surface area contributed by atoms with Gasteiger partial charge in [0.05, 0.1) is 42.7 Å². The van der Waals surface area contributed by atoms with E-state index >= 15 is 0 Å². The Morgan fingerprint density at radius 1 is 0.986 bits per heavy atom. The predicted molar refractivity (Wildman–Crippen MR) is 255 cm³/mol. The number of nitrogens with zero attached hydrogens (tertiary/aromatic N) is 5. The van der Waals surface area contributed by atoms with E-state index in [4.69, 9.17) is 32.9 Å². The molecule has 0 saturated heterocycles. The summed E-state index contributed by atoms with van der Waals surface area (Å²) in [6.07, 6.45) is 4.03. The Morgan fingerprint density at radius 2 is 1.75 bits per heavy atom. The first kappa shape index (κ1) is 49.3. The largest absolute Gasteiger partial charge is 0.399 e. The van der Waals surface area contributed by atoms with E-state index in [1.807, 2.05) is 0 Å². The van der Waals surface area contributed by atoms with Gasteiger partial charge in [0.25, 0.3) is 11.8 Å². The number of aliphatic imine (C=N–C) groups is 1. The van der Waals surface area contributed by atoms with Crippen LogP contribution in [0.25, 0.3) is 11.3 Å². The standard InChI is InChI=1S/C48H49ClF2N12O6/c1-54-41(65)15-13-33(26-64)63-25-37-35(47(63)68)4-2-7-40(37)60-42(66)27-69-19-17-55-16-18-62(53)24-31(52)23-57-46(67)28-8-11-32(12-9-28)59-48-58-22-29-21-56-45(43-38(50)5-3-6-39(43)51)36-20-30(49)10-14-34(36)44(29)61-48/h2-12,14,20,22,24,26,33,55H,13,15-19,21,23,25,27,52-53H2,1H3,(H,54,65)(H,57,67)(H,60,66)(H,58,59,61)/b31-24-. The van der Waals surface area contributed by atoms with E-state index in [9.17, 15) is 32.8 Å². The first-order valence-electron chi connectivity index (χ1n) is 21.8. The van der Waals surface area contributed by atoms with Crippen LogP contribution in [0.3, 0.4) is 0 Å². The zero-order chi connectivity index (χ0) is 49.0. The fraction of sp³-hybridized carbons (Fsp3) is 0.250. The molecule has 4 aromatic carbocycles. The summed E-state index contributed by atoms with van der Waals surface area (Å²) in [4.78, 5) is 77.3. The molecule has 18 nitrogen and oxygen atoms in total. The van der Waals surface area contributed by atoms with Crippen molar-refractivity contribution in [2.45, 2.75) is 32.0 Å². The number of nitrogens with one attached hydrogen (secondary N) is 5. The lowest BCUT2D eigenvalue weighted by Gasteiger charge is -2.22. The number of aromatic nitrogens is 2. The second kappa shape index (κ2) is 22.9. The van der Waals surface area contributed by atoms with E-state index in [2.05, 4.69) is 36.6 Å². The molecule has 1 atom stereocenters. The second-order valence-corrected chi connectivity index (χ2v) is 16.3. The van der Waals surface area contributed by atoms with Crippen LogP contribution >= 0.6 is 11.6 Å². The van der Waals surface area contributed by atoms with E-state index in [-0.39, 0.29) is 80.6 Å². The highest BCUT2D eigenvalue weighted by Gasteiger charge is 2.34. The van der Waals surface area contributed by atoms with Gasteiger partial charge >= 0.3 is 0 Å². The molecule has 21 heteroatoms. The molecule has 0 bridgehead atoms. The minimum Gasteiger partial charge on any atom is -0.399 e. The number of hydrazine groups is 1. The highest BCUT2D eigenvalue weighted by Crippen LogP contribution is 2.35. The van der Waals surface area contributed by atoms with Crippen LogP contribution in [0.15, 0.2) is 102 Å². The van der Waals surface area contributed by atoms with Crippen molar-refractivity contribution in [3.05, 3.63) is 147 Å². The van der Waals surface area contributed by atoms with Gasteiger partial charge in [0.1, 0.15) is 24.5 Å². The molecule has 2 aliphatic heterocycles. The molecule has 1 aromatic heterocycles. The van der Waals surface area contributed by atoms with Crippen molar-refractivity contribution >= 4 is 64.6 Å². The van der Waals surface area contributed by atoms with Crippen molar-refractivity contribution in [2.75, 3.05) is 57.1 Å². The number of benzene rings is 4. The average Bonchev–Trinajstić information content (AvgIpc) is 3.59. The zero-order valence-corrected chi connectivity index (χ0v) is 38.1. The number of anilines is 3. The molecule has 3 heterocycles. The molecular weight excluding hydrogens is 914 g/mol. The fourth-order valence-corrected chi connectivity index (χ4v) is 7.81. The normalized spacial score (nSPS) is 13.3. The molecule has 0 fully saturated rings. The number of hydrogen-bond acceptors (Lipinski definition) is 14. The maximum absolute atomic E-state index is 14.9. The van der Waals surface area contributed by atoms with Crippen LogP contribution in [0.5, 0.6) is 0 Å². The first-order valence-corrected chi connectivity index (χ1v) is 22.2. The molecule has 7 rings (SSSR count). The third-order valence-electron chi connectivity index (χ3n) is 11.1. The van der Waals surface area contributed by atoms with Gasteiger partial charge in [0, 0.05) is 108 Å². The van der Waals surface area contributed by atoms with E-state index in [0.717, 1.165) is 0 Å². The lowest BCUT2D eigenvalue weighted by atomic mass is 9.95. The Hall–Kier alpha value is -7.65. The minimum absolute atomic E-state index is 0.0270. The van der Waals surface area contributed by atoms with Gasteiger partial charge < -0.3 is 51.8 Å². The van der Waals surface area contributed by atoms with E-state index < -0.39 is 23.6 Å². The highest BCUT2D eigenvalue weighted by atomic mass is 35.5. The summed E-state index contributed by atoms with van der Waals surface area (Å²) in [6, 6.07) is 19.4. The van der Waals surface area contributed by atoms with Gasteiger partial charge in [0.2, 0.25) is 17.8 Å². The third kappa shape index (κ3) is 12.3. The van der Waals surface area contributed by atoms with Gasteiger partial charge in [-0.25, -0.2) is 24.6 Å². The Bertz CT molecular complexity index is 2790. The molecular formula is C48H49ClF2N12O6. The maximum Gasteiger partial charge on any atom is 0.255 e. The lowest BCUT2D eigenvalue weighted by molar-refractivity contribution is -0.121. The summed E-state index contributed by atoms with van der Waals surface area (Å²) in [5, 5.41) is 16.1. The van der Waals surface area contributed by atoms with E-state index in [1.54, 1.807) is 66.9 Å². The van der Waals surface area contributed by atoms with Gasteiger partial charge in [-0.2, -0.15) is 0 Å². The molecule has 4 amide bonds. The fourth-order valence-electron chi connectivity index (χ4n) is 7.63. The smallest absolute Gasteiger partial charge is 0.255 e. The molecule has 69 heavy (non-hydrogen) atoms. The van der Waals surface area contributed by atoms with E-state index in [0.29, 0.717) is 87.1 Å². The number of carbonyl (C=O) groups excluding carboxylic acids is 5. The summed E-state index contributed by atoms with van der Waals surface area (Å²) in [5.74, 6) is 3.45. The number of carbonyl (C=O) groups is 5. The van der Waals surface area contributed by atoms with Crippen molar-refractivity contribution < 1.29 is 37.5 Å². The van der Waals surface area contributed by atoms with Gasteiger partial charge in [-0.3, -0.25) is 24.2 Å². The van der Waals surface area contributed by atoms with Gasteiger partial charge in [-0.15, -0.1) is 0 Å². The molecule has 9 N–H and O–H groups in total. The summed E-state index contributed by atoms with van der Waals surface area (Å²) in [7, 11) is 1.50. The van der Waals surface area contributed by atoms with Crippen molar-refractivity contribution in [3.63, 3.8) is 0 Å². The second-order valence-electron chi connectivity index (χ2n) is 15.9. The lowest BCUT2D eigenvalue weighted by Crippen LogP contribution is -2.37. The van der Waals surface area contributed by atoms with Crippen LogP contribution < -0.4 is 38.2 Å². The molecule has 0 spiro atoms. The number of hydrogen-bond donors (Lipinski definition) is 7. The molecule has 0 radical (unpaired) electrons. The zero-order valence-electron chi connectivity index (χ0n) is 37.4. The predicted octanol–water partition coefficient (Wildman–Crippen LogP) is 4.17. The highest BCUT2D eigenvalue weighted by molar-refractivity contribution is 6.31. The van der Waals surface area contributed by atoms with Crippen LogP contribution in [-0.4, -0.2) is 108 Å². The third-order valence-corrected chi connectivity index (χ3v) is 11.4. The number of ether oxygens (including phenoxy) is 1. The van der Waals surface area contributed by atoms with Crippen LogP contribution in [-0.2, 0) is 32.2 Å². The monoisotopic (exact) mass is 962 g/mol. The molecule has 5 aromatic rings. The summed E-state index contributed by atoms with van der Waals surface area (Å²) in [5.41, 5.74) is 10.8. The number of halogens is 3. The Labute approximate surface area is 400 Å². The van der Waals surface area contributed by atoms with Crippen molar-refractivity contribution in [2.24, 2.45) is 16.6 Å². The van der Waals surface area contributed by atoms with Gasteiger partial charge in [-0.1, -0.05) is 29.8 Å². The first-order chi connectivity index (χ1) is 33.3. The molecule has 2 aliphatic rings. The number of amides is 4. The van der Waals surface area contributed by atoms with Crippen LogP contribution in [0.4, 0.5) is 26.1 Å². The van der Waals surface area contributed by atoms with Crippen molar-refractivity contribution in [1.82, 2.24) is 35.8 Å². The Morgan fingerprint density at radius 3 is 2.51 bits per heavy atom. The summed E-state index contributed by atoms with van der Waals surface area (Å²) in [6.45, 7) is 1.44. The van der Waals surface area contributed by atoms with Crippen LogP contribution in [0.2, 0.25) is 5.02 Å². The Balaban J connectivity index is 0.812. The number of rotatable bonds is 21. The maximum atomic E-state index is 14.9. The van der Waals surface area contributed by atoms with Crippen LogP contribution in [0.1, 0.15) is 55.8 Å². The van der Waals surface area contributed by atoms with Crippen LogP contribution in [0, 0.1) is 11.6 Å².